The highest BCUT2D eigenvalue weighted by Gasteiger charge is 2.23. The molecule has 0 aromatic carbocycles. The highest BCUT2D eigenvalue weighted by atomic mass is 16.5. The standard InChI is InChI=1S/C9H16O4/c1-3-13-9(12)8(7(2)11)5-4-6-10/h8,10H,3-6H2,1-2H3. The van der Waals surface area contributed by atoms with Crippen LogP contribution in [0, 0.1) is 5.92 Å². The van der Waals surface area contributed by atoms with Gasteiger partial charge in [-0.1, -0.05) is 0 Å². The molecule has 0 amide bonds. The lowest BCUT2D eigenvalue weighted by Crippen LogP contribution is -2.24. The van der Waals surface area contributed by atoms with Crippen molar-refractivity contribution < 1.29 is 19.4 Å². The smallest absolute Gasteiger partial charge is 0.316 e. The van der Waals surface area contributed by atoms with Gasteiger partial charge in [0.1, 0.15) is 11.7 Å². The van der Waals surface area contributed by atoms with Crippen LogP contribution in [-0.2, 0) is 14.3 Å². The lowest BCUT2D eigenvalue weighted by molar-refractivity contribution is -0.151. The number of ether oxygens (including phenoxy) is 1. The number of rotatable bonds is 6. The summed E-state index contributed by atoms with van der Waals surface area (Å²) in [4.78, 5) is 22.1. The summed E-state index contributed by atoms with van der Waals surface area (Å²) in [5.41, 5.74) is 0. The zero-order chi connectivity index (χ0) is 10.3. The Morgan fingerprint density at radius 2 is 2.08 bits per heavy atom. The van der Waals surface area contributed by atoms with E-state index in [0.717, 1.165) is 0 Å². The monoisotopic (exact) mass is 188 g/mol. The van der Waals surface area contributed by atoms with E-state index in [4.69, 9.17) is 9.84 Å². The van der Waals surface area contributed by atoms with E-state index in [2.05, 4.69) is 0 Å². The van der Waals surface area contributed by atoms with Gasteiger partial charge in [-0.25, -0.2) is 0 Å². The predicted molar refractivity (Wildman–Crippen MR) is 47.1 cm³/mol. The molecule has 0 aliphatic rings. The van der Waals surface area contributed by atoms with Gasteiger partial charge in [-0.3, -0.25) is 9.59 Å². The van der Waals surface area contributed by atoms with Gasteiger partial charge in [0.05, 0.1) is 6.61 Å². The van der Waals surface area contributed by atoms with Crippen LogP contribution >= 0.6 is 0 Å². The van der Waals surface area contributed by atoms with E-state index in [0.29, 0.717) is 12.8 Å². The van der Waals surface area contributed by atoms with Crippen LogP contribution in [0.1, 0.15) is 26.7 Å². The number of Topliss-reactive ketones (excluding diaryl/α,β-unsaturated/α-hetero) is 1. The Morgan fingerprint density at radius 3 is 2.46 bits per heavy atom. The average Bonchev–Trinajstić information content (AvgIpc) is 2.05. The Morgan fingerprint density at radius 1 is 1.46 bits per heavy atom. The van der Waals surface area contributed by atoms with E-state index in [-0.39, 0.29) is 19.0 Å². The van der Waals surface area contributed by atoms with E-state index >= 15 is 0 Å². The van der Waals surface area contributed by atoms with E-state index in [1.54, 1.807) is 6.92 Å². The van der Waals surface area contributed by atoms with Crippen molar-refractivity contribution in [3.05, 3.63) is 0 Å². The molecular weight excluding hydrogens is 172 g/mol. The van der Waals surface area contributed by atoms with Crippen molar-refractivity contribution in [1.82, 2.24) is 0 Å². The van der Waals surface area contributed by atoms with Crippen molar-refractivity contribution in [2.24, 2.45) is 5.92 Å². The van der Waals surface area contributed by atoms with Gasteiger partial charge >= 0.3 is 5.97 Å². The van der Waals surface area contributed by atoms with Crippen molar-refractivity contribution in [3.8, 4) is 0 Å². The molecule has 4 heteroatoms. The van der Waals surface area contributed by atoms with Gasteiger partial charge in [0.2, 0.25) is 0 Å². The van der Waals surface area contributed by atoms with Crippen LogP contribution in [0.3, 0.4) is 0 Å². The fourth-order valence-corrected chi connectivity index (χ4v) is 1.03. The summed E-state index contributed by atoms with van der Waals surface area (Å²) in [5.74, 6) is -1.39. The molecule has 1 N–H and O–H groups in total. The predicted octanol–water partition coefficient (Wildman–Crippen LogP) is 0.527. The maximum atomic E-state index is 11.2. The third kappa shape index (κ3) is 4.62. The minimum Gasteiger partial charge on any atom is -0.465 e. The van der Waals surface area contributed by atoms with E-state index in [9.17, 15) is 9.59 Å². The molecule has 0 aromatic heterocycles. The van der Waals surface area contributed by atoms with Gasteiger partial charge in [0, 0.05) is 6.61 Å². The number of aliphatic hydroxyl groups excluding tert-OH is 1. The number of carbonyl (C=O) groups is 2. The molecule has 0 saturated heterocycles. The highest BCUT2D eigenvalue weighted by Crippen LogP contribution is 2.09. The second-order valence-electron chi connectivity index (χ2n) is 2.78. The Labute approximate surface area is 77.9 Å². The molecule has 0 aliphatic carbocycles. The van der Waals surface area contributed by atoms with Crippen molar-refractivity contribution in [2.45, 2.75) is 26.7 Å². The molecule has 0 fully saturated rings. The third-order valence-corrected chi connectivity index (χ3v) is 1.71. The summed E-state index contributed by atoms with van der Waals surface area (Å²) in [6.07, 6.45) is 0.813. The highest BCUT2D eigenvalue weighted by molar-refractivity contribution is 5.97. The first-order valence-corrected chi connectivity index (χ1v) is 4.41. The Hall–Kier alpha value is -0.900. The van der Waals surface area contributed by atoms with Gasteiger partial charge < -0.3 is 9.84 Å². The molecule has 0 bridgehead atoms. The van der Waals surface area contributed by atoms with E-state index < -0.39 is 11.9 Å². The van der Waals surface area contributed by atoms with Crippen molar-refractivity contribution in [3.63, 3.8) is 0 Å². The van der Waals surface area contributed by atoms with Gasteiger partial charge in [-0.15, -0.1) is 0 Å². The zero-order valence-corrected chi connectivity index (χ0v) is 8.08. The van der Waals surface area contributed by atoms with Crippen LogP contribution in [0.4, 0.5) is 0 Å². The Kier molecular flexibility index (Phi) is 6.14. The third-order valence-electron chi connectivity index (χ3n) is 1.71. The number of esters is 1. The molecule has 1 atom stereocenters. The summed E-state index contributed by atoms with van der Waals surface area (Å²) in [6.45, 7) is 3.32. The first kappa shape index (κ1) is 12.1. The first-order chi connectivity index (χ1) is 6.13. The fourth-order valence-electron chi connectivity index (χ4n) is 1.03. The molecule has 1 unspecified atom stereocenters. The molecule has 0 radical (unpaired) electrons. The number of hydrogen-bond donors (Lipinski definition) is 1. The zero-order valence-electron chi connectivity index (χ0n) is 8.08. The molecule has 76 valence electrons. The maximum Gasteiger partial charge on any atom is 0.316 e. The molecule has 0 heterocycles. The van der Waals surface area contributed by atoms with Crippen LogP contribution in [0.15, 0.2) is 0 Å². The Bertz CT molecular complexity index is 176. The number of ketones is 1. The number of hydrogen-bond acceptors (Lipinski definition) is 4. The van der Waals surface area contributed by atoms with Gasteiger partial charge in [0.15, 0.2) is 0 Å². The van der Waals surface area contributed by atoms with Crippen LogP contribution in [0.2, 0.25) is 0 Å². The summed E-state index contributed by atoms with van der Waals surface area (Å²) in [5, 5.41) is 8.55. The maximum absolute atomic E-state index is 11.2. The van der Waals surface area contributed by atoms with Gasteiger partial charge in [-0.05, 0) is 26.7 Å². The molecular formula is C9H16O4. The van der Waals surface area contributed by atoms with Crippen molar-refractivity contribution >= 4 is 11.8 Å². The molecule has 4 nitrogen and oxygen atoms in total. The second-order valence-corrected chi connectivity index (χ2v) is 2.78. The molecule has 0 rings (SSSR count). The van der Waals surface area contributed by atoms with E-state index in [1.165, 1.54) is 6.92 Å². The fraction of sp³-hybridized carbons (Fsp3) is 0.778. The number of aliphatic hydroxyl groups is 1. The minimum atomic E-state index is -0.702. The molecule has 0 spiro atoms. The molecule has 0 saturated carbocycles. The van der Waals surface area contributed by atoms with Gasteiger partial charge in [-0.2, -0.15) is 0 Å². The van der Waals surface area contributed by atoms with Crippen LogP contribution in [0.25, 0.3) is 0 Å². The van der Waals surface area contributed by atoms with Crippen LogP contribution < -0.4 is 0 Å². The SMILES string of the molecule is CCOC(=O)C(CCCO)C(C)=O. The lowest BCUT2D eigenvalue weighted by Gasteiger charge is -2.10. The number of carbonyl (C=O) groups excluding carboxylic acids is 2. The summed E-state index contributed by atoms with van der Waals surface area (Å²) >= 11 is 0. The normalized spacial score (nSPS) is 12.2. The van der Waals surface area contributed by atoms with E-state index in [1.807, 2.05) is 0 Å². The van der Waals surface area contributed by atoms with Crippen molar-refractivity contribution in [1.29, 1.82) is 0 Å². The van der Waals surface area contributed by atoms with Crippen LogP contribution in [0.5, 0.6) is 0 Å². The average molecular weight is 188 g/mol. The quantitative estimate of drug-likeness (QED) is 0.487. The summed E-state index contributed by atoms with van der Waals surface area (Å²) in [7, 11) is 0. The Balaban J connectivity index is 4.07. The minimum absolute atomic E-state index is 0.0107. The van der Waals surface area contributed by atoms with Crippen LogP contribution in [-0.4, -0.2) is 30.1 Å². The molecule has 0 aliphatic heterocycles. The van der Waals surface area contributed by atoms with Gasteiger partial charge in [0.25, 0.3) is 0 Å². The summed E-state index contributed by atoms with van der Waals surface area (Å²) in [6, 6.07) is 0. The largest absolute Gasteiger partial charge is 0.465 e. The topological polar surface area (TPSA) is 63.6 Å². The lowest BCUT2D eigenvalue weighted by atomic mass is 10.00. The summed E-state index contributed by atoms with van der Waals surface area (Å²) < 4.78 is 4.72. The molecule has 13 heavy (non-hydrogen) atoms. The van der Waals surface area contributed by atoms with Crippen molar-refractivity contribution in [2.75, 3.05) is 13.2 Å². The first-order valence-electron chi connectivity index (χ1n) is 4.41. The second kappa shape index (κ2) is 6.60. The molecule has 0 aromatic rings.